The Morgan fingerprint density at radius 2 is 1.60 bits per heavy atom. The molecule has 4 nitrogen and oxygen atoms in total. The lowest BCUT2D eigenvalue weighted by Gasteiger charge is -2.31. The third-order valence-electron chi connectivity index (χ3n) is 4.89. The van der Waals surface area contributed by atoms with Crippen LogP contribution in [0.1, 0.15) is 44.2 Å². The zero-order valence-corrected chi connectivity index (χ0v) is 19.5. The number of nitrogens with zero attached hydrogens (tertiary/aromatic N) is 1. The molecular formula is C23H27Cl3N2O2. The van der Waals surface area contributed by atoms with Crippen molar-refractivity contribution >= 4 is 46.6 Å². The molecule has 0 spiro atoms. The maximum absolute atomic E-state index is 13.3. The van der Waals surface area contributed by atoms with Crippen molar-refractivity contribution in [2.45, 2.75) is 52.1 Å². The second-order valence-corrected chi connectivity index (χ2v) is 8.25. The van der Waals surface area contributed by atoms with Crippen LogP contribution in [0.4, 0.5) is 0 Å². The number of carbonyl (C=O) groups is 2. The average molecular weight is 470 g/mol. The summed E-state index contributed by atoms with van der Waals surface area (Å²) in [6.45, 7) is 4.60. The summed E-state index contributed by atoms with van der Waals surface area (Å²) in [5.41, 5.74) is 1.53. The summed E-state index contributed by atoms with van der Waals surface area (Å²) in [7, 11) is 0. The van der Waals surface area contributed by atoms with E-state index in [1.807, 2.05) is 32.0 Å². The number of rotatable bonds is 10. The first-order valence-corrected chi connectivity index (χ1v) is 11.3. The highest BCUT2D eigenvalue weighted by molar-refractivity contribution is 6.36. The van der Waals surface area contributed by atoms with Crippen molar-refractivity contribution in [3.8, 4) is 0 Å². The molecule has 0 fully saturated rings. The normalized spacial score (nSPS) is 11.8. The second kappa shape index (κ2) is 12.2. The highest BCUT2D eigenvalue weighted by Crippen LogP contribution is 2.27. The van der Waals surface area contributed by atoms with Gasteiger partial charge in [-0.2, -0.15) is 0 Å². The molecule has 0 aliphatic heterocycles. The van der Waals surface area contributed by atoms with Crippen molar-refractivity contribution in [1.82, 2.24) is 10.2 Å². The van der Waals surface area contributed by atoms with Crippen LogP contribution in [0.5, 0.6) is 0 Å². The standard InChI is InChI=1S/C23H27Cl3N2O2/c1-3-14-27-23(30)21(4-2)28(15-17-19(25)10-7-11-20(17)26)22(29)13-12-16-8-5-6-9-18(16)24/h5-11,21H,3-4,12-15H2,1-2H3,(H,27,30)/t21-/m0/s1. The molecule has 1 N–H and O–H groups in total. The summed E-state index contributed by atoms with van der Waals surface area (Å²) in [6.07, 6.45) is 2.01. The molecule has 1 atom stereocenters. The topological polar surface area (TPSA) is 49.4 Å². The Morgan fingerprint density at radius 3 is 2.20 bits per heavy atom. The molecule has 0 bridgehead atoms. The maximum Gasteiger partial charge on any atom is 0.242 e. The van der Waals surface area contributed by atoms with Gasteiger partial charge in [0, 0.05) is 40.1 Å². The molecule has 30 heavy (non-hydrogen) atoms. The van der Waals surface area contributed by atoms with E-state index < -0.39 is 6.04 Å². The summed E-state index contributed by atoms with van der Waals surface area (Å²) in [5, 5.41) is 4.46. The number of hydrogen-bond acceptors (Lipinski definition) is 2. The zero-order valence-electron chi connectivity index (χ0n) is 17.3. The zero-order chi connectivity index (χ0) is 22.1. The molecule has 0 aliphatic carbocycles. The molecule has 0 unspecified atom stereocenters. The van der Waals surface area contributed by atoms with E-state index in [1.165, 1.54) is 0 Å². The van der Waals surface area contributed by atoms with Crippen LogP contribution in [0.25, 0.3) is 0 Å². The van der Waals surface area contributed by atoms with Crippen molar-refractivity contribution in [2.75, 3.05) is 6.54 Å². The monoisotopic (exact) mass is 468 g/mol. The lowest BCUT2D eigenvalue weighted by molar-refractivity contribution is -0.141. The van der Waals surface area contributed by atoms with Gasteiger partial charge in [0.15, 0.2) is 0 Å². The number of halogens is 3. The average Bonchev–Trinajstić information content (AvgIpc) is 2.73. The Kier molecular flexibility index (Phi) is 9.96. The van der Waals surface area contributed by atoms with Crippen LogP contribution in [0, 0.1) is 0 Å². The van der Waals surface area contributed by atoms with Gasteiger partial charge in [0.1, 0.15) is 6.04 Å². The Hall–Kier alpha value is -1.75. The first kappa shape index (κ1) is 24.5. The van der Waals surface area contributed by atoms with Gasteiger partial charge in [-0.25, -0.2) is 0 Å². The van der Waals surface area contributed by atoms with E-state index in [2.05, 4.69) is 5.32 Å². The predicted octanol–water partition coefficient (Wildman–Crippen LogP) is 5.91. The van der Waals surface area contributed by atoms with Gasteiger partial charge < -0.3 is 10.2 Å². The van der Waals surface area contributed by atoms with Crippen LogP contribution in [0.3, 0.4) is 0 Å². The number of benzene rings is 2. The fourth-order valence-corrected chi connectivity index (χ4v) is 3.97. The first-order valence-electron chi connectivity index (χ1n) is 10.1. The van der Waals surface area contributed by atoms with Crippen LogP contribution in [-0.4, -0.2) is 29.3 Å². The molecular weight excluding hydrogens is 443 g/mol. The molecule has 2 aromatic carbocycles. The molecule has 162 valence electrons. The Labute approximate surface area is 193 Å². The molecule has 7 heteroatoms. The molecule has 2 amide bonds. The van der Waals surface area contributed by atoms with Gasteiger partial charge in [-0.3, -0.25) is 9.59 Å². The van der Waals surface area contributed by atoms with Gasteiger partial charge in [-0.1, -0.05) is 72.9 Å². The fourth-order valence-electron chi connectivity index (χ4n) is 3.23. The van der Waals surface area contributed by atoms with Gasteiger partial charge >= 0.3 is 0 Å². The van der Waals surface area contributed by atoms with Crippen LogP contribution in [-0.2, 0) is 22.6 Å². The Morgan fingerprint density at radius 1 is 0.967 bits per heavy atom. The van der Waals surface area contributed by atoms with Crippen molar-refractivity contribution < 1.29 is 9.59 Å². The Balaban J connectivity index is 2.27. The number of hydrogen-bond donors (Lipinski definition) is 1. The highest BCUT2D eigenvalue weighted by atomic mass is 35.5. The third-order valence-corrected chi connectivity index (χ3v) is 5.97. The predicted molar refractivity (Wildman–Crippen MR) is 124 cm³/mol. The number of carbonyl (C=O) groups excluding carboxylic acids is 2. The lowest BCUT2D eigenvalue weighted by atomic mass is 10.1. The maximum atomic E-state index is 13.3. The van der Waals surface area contributed by atoms with Crippen LogP contribution >= 0.6 is 34.8 Å². The molecule has 0 heterocycles. The van der Waals surface area contributed by atoms with E-state index >= 15 is 0 Å². The molecule has 0 saturated carbocycles. The largest absolute Gasteiger partial charge is 0.354 e. The highest BCUT2D eigenvalue weighted by Gasteiger charge is 2.29. The summed E-state index contributed by atoms with van der Waals surface area (Å²) in [5.74, 6) is -0.321. The van der Waals surface area contributed by atoms with Crippen molar-refractivity contribution in [2.24, 2.45) is 0 Å². The number of aryl methyl sites for hydroxylation is 1. The number of amides is 2. The first-order chi connectivity index (χ1) is 14.4. The van der Waals surface area contributed by atoms with E-state index in [0.717, 1.165) is 12.0 Å². The quantitative estimate of drug-likeness (QED) is 0.470. The number of nitrogens with one attached hydrogen (secondary N) is 1. The van der Waals surface area contributed by atoms with Gasteiger partial charge in [0.25, 0.3) is 0 Å². The summed E-state index contributed by atoms with van der Waals surface area (Å²) >= 11 is 18.9. The Bertz CT molecular complexity index is 853. The molecule has 0 aliphatic rings. The molecule has 2 rings (SSSR count). The van der Waals surface area contributed by atoms with Gasteiger partial charge in [0.05, 0.1) is 0 Å². The molecule has 0 aromatic heterocycles. The van der Waals surface area contributed by atoms with E-state index in [1.54, 1.807) is 29.2 Å². The minimum Gasteiger partial charge on any atom is -0.354 e. The summed E-state index contributed by atoms with van der Waals surface area (Å²) in [4.78, 5) is 27.6. The van der Waals surface area contributed by atoms with Crippen LogP contribution in [0.15, 0.2) is 42.5 Å². The summed E-state index contributed by atoms with van der Waals surface area (Å²) < 4.78 is 0. The van der Waals surface area contributed by atoms with Crippen LogP contribution in [0.2, 0.25) is 15.1 Å². The van der Waals surface area contributed by atoms with E-state index in [-0.39, 0.29) is 24.8 Å². The van der Waals surface area contributed by atoms with Crippen molar-refractivity contribution in [3.05, 3.63) is 68.7 Å². The van der Waals surface area contributed by atoms with Crippen molar-refractivity contribution in [3.63, 3.8) is 0 Å². The lowest BCUT2D eigenvalue weighted by Crippen LogP contribution is -2.49. The SMILES string of the molecule is CCCNC(=O)[C@H](CC)N(Cc1c(Cl)cccc1Cl)C(=O)CCc1ccccc1Cl. The van der Waals surface area contributed by atoms with Crippen LogP contribution < -0.4 is 5.32 Å². The van der Waals surface area contributed by atoms with E-state index in [4.69, 9.17) is 34.8 Å². The smallest absolute Gasteiger partial charge is 0.242 e. The summed E-state index contributed by atoms with van der Waals surface area (Å²) in [6, 6.07) is 12.0. The second-order valence-electron chi connectivity index (χ2n) is 7.03. The minimum absolute atomic E-state index is 0.149. The fraction of sp³-hybridized carbons (Fsp3) is 0.391. The van der Waals surface area contributed by atoms with Gasteiger partial charge in [0.2, 0.25) is 11.8 Å². The third kappa shape index (κ3) is 6.63. The van der Waals surface area contributed by atoms with Gasteiger partial charge in [-0.15, -0.1) is 0 Å². The van der Waals surface area contributed by atoms with Crippen molar-refractivity contribution in [1.29, 1.82) is 0 Å². The van der Waals surface area contributed by atoms with E-state index in [9.17, 15) is 9.59 Å². The molecule has 2 aromatic rings. The molecule has 0 radical (unpaired) electrons. The van der Waals surface area contributed by atoms with Gasteiger partial charge in [-0.05, 0) is 43.0 Å². The molecule has 0 saturated heterocycles. The van der Waals surface area contributed by atoms with E-state index in [0.29, 0.717) is 40.0 Å². The minimum atomic E-state index is -0.609.